The van der Waals surface area contributed by atoms with Gasteiger partial charge in [-0.25, -0.2) is 13.2 Å². The zero-order chi connectivity index (χ0) is 17.6. The van der Waals surface area contributed by atoms with E-state index in [4.69, 9.17) is 0 Å². The molecule has 0 aliphatic carbocycles. The fraction of sp³-hybridized carbons (Fsp3) is 0.467. The van der Waals surface area contributed by atoms with Crippen molar-refractivity contribution in [2.45, 2.75) is 18.2 Å². The van der Waals surface area contributed by atoms with Crippen LogP contribution < -0.4 is 0 Å². The highest BCUT2D eigenvalue weighted by Crippen LogP contribution is 2.17. The van der Waals surface area contributed by atoms with Crippen LogP contribution >= 0.6 is 0 Å². The van der Waals surface area contributed by atoms with Crippen molar-refractivity contribution in [1.82, 2.24) is 9.21 Å². The van der Waals surface area contributed by atoms with Crippen LogP contribution in [0.5, 0.6) is 0 Å². The Morgan fingerprint density at radius 2 is 1.70 bits per heavy atom. The SMILES string of the molecule is CCCN(CC(=O)N(C)C)S(=O)(=O)c1ccc(C(=O)OC)cc1. The number of carbonyl (C=O) groups excluding carboxylic acids is 2. The number of ether oxygens (including phenoxy) is 1. The summed E-state index contributed by atoms with van der Waals surface area (Å²) in [5.74, 6) is -0.838. The van der Waals surface area contributed by atoms with Crippen LogP contribution in [-0.2, 0) is 19.6 Å². The Bertz CT molecular complexity index is 653. The molecule has 0 unspecified atom stereocenters. The number of benzene rings is 1. The van der Waals surface area contributed by atoms with E-state index in [9.17, 15) is 18.0 Å². The molecule has 0 bridgehead atoms. The third kappa shape index (κ3) is 4.77. The number of hydrogen-bond acceptors (Lipinski definition) is 5. The van der Waals surface area contributed by atoms with Crippen LogP contribution in [0.2, 0.25) is 0 Å². The Balaban J connectivity index is 3.09. The van der Waals surface area contributed by atoms with Crippen LogP contribution in [0.3, 0.4) is 0 Å². The van der Waals surface area contributed by atoms with E-state index >= 15 is 0 Å². The molecule has 0 saturated carbocycles. The van der Waals surface area contributed by atoms with Crippen LogP contribution in [0, 0.1) is 0 Å². The topological polar surface area (TPSA) is 84.0 Å². The first-order chi connectivity index (χ1) is 10.7. The minimum Gasteiger partial charge on any atom is -0.465 e. The molecule has 0 atom stereocenters. The number of hydrogen-bond donors (Lipinski definition) is 0. The Morgan fingerprint density at radius 1 is 1.13 bits per heavy atom. The van der Waals surface area contributed by atoms with Crippen LogP contribution in [0.25, 0.3) is 0 Å². The van der Waals surface area contributed by atoms with Gasteiger partial charge in [0.2, 0.25) is 15.9 Å². The first kappa shape index (κ1) is 19.1. The molecule has 0 aliphatic rings. The summed E-state index contributed by atoms with van der Waals surface area (Å²) >= 11 is 0. The van der Waals surface area contributed by atoms with Gasteiger partial charge >= 0.3 is 5.97 Å². The van der Waals surface area contributed by atoms with E-state index < -0.39 is 16.0 Å². The number of nitrogens with zero attached hydrogens (tertiary/aromatic N) is 2. The summed E-state index contributed by atoms with van der Waals surface area (Å²) in [4.78, 5) is 24.6. The lowest BCUT2D eigenvalue weighted by molar-refractivity contribution is -0.128. The summed E-state index contributed by atoms with van der Waals surface area (Å²) < 4.78 is 31.1. The molecule has 1 amide bonds. The van der Waals surface area contributed by atoms with Crippen LogP contribution in [-0.4, -0.2) is 63.8 Å². The van der Waals surface area contributed by atoms with Gasteiger partial charge in [0.15, 0.2) is 0 Å². The largest absolute Gasteiger partial charge is 0.465 e. The van der Waals surface area contributed by atoms with E-state index in [2.05, 4.69) is 4.74 Å². The molecule has 23 heavy (non-hydrogen) atoms. The monoisotopic (exact) mass is 342 g/mol. The van der Waals surface area contributed by atoms with E-state index in [1.165, 1.54) is 36.3 Å². The number of sulfonamides is 1. The van der Waals surface area contributed by atoms with Gasteiger partial charge in [0, 0.05) is 20.6 Å². The van der Waals surface area contributed by atoms with E-state index in [1.807, 2.05) is 6.92 Å². The molecule has 0 spiro atoms. The molecule has 0 fully saturated rings. The Kier molecular flexibility index (Phi) is 6.71. The third-order valence-electron chi connectivity index (χ3n) is 3.20. The number of amides is 1. The molecule has 0 N–H and O–H groups in total. The second-order valence-corrected chi connectivity index (χ2v) is 7.08. The Labute approximate surface area is 136 Å². The maximum Gasteiger partial charge on any atom is 0.337 e. The maximum atomic E-state index is 12.7. The van der Waals surface area contributed by atoms with Gasteiger partial charge in [0.05, 0.1) is 24.1 Å². The van der Waals surface area contributed by atoms with E-state index in [1.54, 1.807) is 14.1 Å². The van der Waals surface area contributed by atoms with Crippen molar-refractivity contribution in [3.8, 4) is 0 Å². The van der Waals surface area contributed by atoms with Crippen LogP contribution in [0.15, 0.2) is 29.2 Å². The zero-order valence-corrected chi connectivity index (χ0v) is 14.6. The average molecular weight is 342 g/mol. The summed E-state index contributed by atoms with van der Waals surface area (Å²) in [5.41, 5.74) is 0.262. The van der Waals surface area contributed by atoms with Crippen molar-refractivity contribution in [3.63, 3.8) is 0 Å². The minimum atomic E-state index is -3.81. The van der Waals surface area contributed by atoms with Crippen molar-refractivity contribution >= 4 is 21.9 Å². The van der Waals surface area contributed by atoms with Gasteiger partial charge in [-0.1, -0.05) is 6.92 Å². The second kappa shape index (κ2) is 8.07. The van der Waals surface area contributed by atoms with Crippen LogP contribution in [0.4, 0.5) is 0 Å². The van der Waals surface area contributed by atoms with E-state index in [0.29, 0.717) is 6.42 Å². The predicted molar refractivity (Wildman–Crippen MR) is 85.5 cm³/mol. The molecule has 0 radical (unpaired) electrons. The predicted octanol–water partition coefficient (Wildman–Crippen LogP) is 0.962. The second-order valence-electron chi connectivity index (χ2n) is 5.14. The van der Waals surface area contributed by atoms with Gasteiger partial charge < -0.3 is 9.64 Å². The first-order valence-corrected chi connectivity index (χ1v) is 8.56. The molecule has 7 nitrogen and oxygen atoms in total. The van der Waals surface area contributed by atoms with Crippen molar-refractivity contribution in [2.24, 2.45) is 0 Å². The molecule has 0 aromatic heterocycles. The molecule has 0 heterocycles. The fourth-order valence-corrected chi connectivity index (χ4v) is 3.34. The van der Waals surface area contributed by atoms with Gasteiger partial charge in [0.25, 0.3) is 0 Å². The lowest BCUT2D eigenvalue weighted by Crippen LogP contribution is -2.40. The van der Waals surface area contributed by atoms with Gasteiger partial charge in [-0.05, 0) is 30.7 Å². The lowest BCUT2D eigenvalue weighted by atomic mass is 10.2. The molecule has 128 valence electrons. The summed E-state index contributed by atoms with van der Waals surface area (Å²) in [6.07, 6.45) is 0.584. The molecular weight excluding hydrogens is 320 g/mol. The number of methoxy groups -OCH3 is 1. The van der Waals surface area contributed by atoms with Crippen molar-refractivity contribution in [1.29, 1.82) is 0 Å². The van der Waals surface area contributed by atoms with Gasteiger partial charge in [-0.2, -0.15) is 4.31 Å². The normalized spacial score (nSPS) is 11.3. The minimum absolute atomic E-state index is 0.0326. The molecule has 1 aromatic carbocycles. The van der Waals surface area contributed by atoms with Crippen molar-refractivity contribution in [3.05, 3.63) is 29.8 Å². The first-order valence-electron chi connectivity index (χ1n) is 7.12. The summed E-state index contributed by atoms with van der Waals surface area (Å²) in [6.45, 7) is 1.85. The van der Waals surface area contributed by atoms with Gasteiger partial charge in [-0.3, -0.25) is 4.79 Å². The molecule has 1 rings (SSSR count). The summed E-state index contributed by atoms with van der Waals surface area (Å²) in [6, 6.07) is 5.45. The van der Waals surface area contributed by atoms with Gasteiger partial charge in [0.1, 0.15) is 0 Å². The number of carbonyl (C=O) groups is 2. The van der Waals surface area contributed by atoms with Crippen LogP contribution in [0.1, 0.15) is 23.7 Å². The highest BCUT2D eigenvalue weighted by atomic mass is 32.2. The highest BCUT2D eigenvalue weighted by Gasteiger charge is 2.26. The van der Waals surface area contributed by atoms with Gasteiger partial charge in [-0.15, -0.1) is 0 Å². The summed E-state index contributed by atoms with van der Waals surface area (Å²) in [7, 11) is 0.593. The maximum absolute atomic E-state index is 12.7. The van der Waals surface area contributed by atoms with E-state index in [-0.39, 0.29) is 29.5 Å². The molecule has 8 heteroatoms. The summed E-state index contributed by atoms with van der Waals surface area (Å²) in [5, 5.41) is 0. The molecule has 1 aromatic rings. The fourth-order valence-electron chi connectivity index (χ4n) is 1.86. The quantitative estimate of drug-likeness (QED) is 0.689. The number of rotatable bonds is 7. The molecule has 0 aliphatic heterocycles. The smallest absolute Gasteiger partial charge is 0.337 e. The zero-order valence-electron chi connectivity index (χ0n) is 13.8. The molecular formula is C15H22N2O5S. The highest BCUT2D eigenvalue weighted by molar-refractivity contribution is 7.89. The van der Waals surface area contributed by atoms with E-state index in [0.717, 1.165) is 4.31 Å². The van der Waals surface area contributed by atoms with Crippen molar-refractivity contribution < 1.29 is 22.7 Å². The molecule has 0 saturated heterocycles. The number of likely N-dealkylation sites (N-methyl/N-ethyl adjacent to an activating group) is 1. The average Bonchev–Trinajstić information content (AvgIpc) is 2.53. The Hall–Kier alpha value is -1.93. The number of esters is 1. The third-order valence-corrected chi connectivity index (χ3v) is 5.06. The van der Waals surface area contributed by atoms with Crippen molar-refractivity contribution in [2.75, 3.05) is 34.3 Å². The lowest BCUT2D eigenvalue weighted by Gasteiger charge is -2.22. The standard InChI is InChI=1S/C15H22N2O5S/c1-5-10-17(11-14(18)16(2)3)23(20,21)13-8-6-12(7-9-13)15(19)22-4/h6-9H,5,10-11H2,1-4H3. The Morgan fingerprint density at radius 3 is 2.13 bits per heavy atom.